The van der Waals surface area contributed by atoms with Crippen LogP contribution in [0.2, 0.25) is 5.02 Å². The molecule has 0 atom stereocenters. The third-order valence-corrected chi connectivity index (χ3v) is 4.95. The number of carbonyl (C=O) groups is 3. The number of hydrogen-bond acceptors (Lipinski definition) is 6. The van der Waals surface area contributed by atoms with E-state index < -0.39 is 24.5 Å². The Morgan fingerprint density at radius 1 is 1.21 bits per heavy atom. The van der Waals surface area contributed by atoms with Gasteiger partial charge in [0, 0.05) is 22.9 Å². The first-order valence-electron chi connectivity index (χ1n) is 9.08. The summed E-state index contributed by atoms with van der Waals surface area (Å²) in [4.78, 5) is 36.1. The van der Waals surface area contributed by atoms with Crippen molar-refractivity contribution in [3.05, 3.63) is 51.2 Å². The van der Waals surface area contributed by atoms with Gasteiger partial charge in [0.2, 0.25) is 0 Å². The van der Waals surface area contributed by atoms with Crippen molar-refractivity contribution in [3.8, 4) is 5.75 Å². The van der Waals surface area contributed by atoms with E-state index in [9.17, 15) is 14.4 Å². The second-order valence-electron chi connectivity index (χ2n) is 6.16. The SMILES string of the molecule is Cc1cc(Cl)ccc1OCCCC(=O)OCC(=O)NC(=O)NCCc1cccs1. The molecule has 29 heavy (non-hydrogen) atoms. The minimum absolute atomic E-state index is 0.104. The predicted octanol–water partition coefficient (Wildman–Crippen LogP) is 3.48. The second-order valence-corrected chi connectivity index (χ2v) is 7.62. The Balaban J connectivity index is 1.53. The number of urea groups is 1. The van der Waals surface area contributed by atoms with Gasteiger partial charge in [-0.1, -0.05) is 17.7 Å². The molecule has 2 N–H and O–H groups in total. The molecule has 0 bridgehead atoms. The van der Waals surface area contributed by atoms with Crippen LogP contribution in [0.15, 0.2) is 35.7 Å². The van der Waals surface area contributed by atoms with E-state index >= 15 is 0 Å². The smallest absolute Gasteiger partial charge is 0.321 e. The molecule has 2 rings (SSSR count). The first kappa shape index (κ1) is 22.7. The zero-order chi connectivity index (χ0) is 21.1. The maximum Gasteiger partial charge on any atom is 0.321 e. The summed E-state index contributed by atoms with van der Waals surface area (Å²) in [6.45, 7) is 2.11. The Morgan fingerprint density at radius 3 is 2.76 bits per heavy atom. The highest BCUT2D eigenvalue weighted by Crippen LogP contribution is 2.21. The third-order valence-electron chi connectivity index (χ3n) is 3.77. The normalized spacial score (nSPS) is 10.3. The fraction of sp³-hybridized carbons (Fsp3) is 0.350. The average Bonchev–Trinajstić information content (AvgIpc) is 3.18. The van der Waals surface area contributed by atoms with Crippen LogP contribution in [0.1, 0.15) is 23.3 Å². The number of rotatable bonds is 10. The highest BCUT2D eigenvalue weighted by atomic mass is 35.5. The maximum absolute atomic E-state index is 11.7. The van der Waals surface area contributed by atoms with Crippen molar-refractivity contribution in [2.75, 3.05) is 19.8 Å². The number of amides is 3. The first-order chi connectivity index (χ1) is 13.9. The molecule has 0 saturated carbocycles. The minimum atomic E-state index is -0.681. The Kier molecular flexibility index (Phi) is 9.46. The number of esters is 1. The molecule has 0 saturated heterocycles. The highest BCUT2D eigenvalue weighted by molar-refractivity contribution is 7.09. The van der Waals surface area contributed by atoms with Crippen LogP contribution in [0.5, 0.6) is 5.75 Å². The Bertz CT molecular complexity index is 826. The van der Waals surface area contributed by atoms with Gasteiger partial charge in [-0.05, 0) is 55.0 Å². The van der Waals surface area contributed by atoms with Crippen molar-refractivity contribution in [1.82, 2.24) is 10.6 Å². The van der Waals surface area contributed by atoms with Crippen molar-refractivity contribution in [2.24, 2.45) is 0 Å². The molecule has 0 aliphatic rings. The van der Waals surface area contributed by atoms with Crippen LogP contribution >= 0.6 is 22.9 Å². The number of halogens is 1. The predicted molar refractivity (Wildman–Crippen MR) is 111 cm³/mol. The lowest BCUT2D eigenvalue weighted by molar-refractivity contribution is -0.148. The van der Waals surface area contributed by atoms with Crippen LogP contribution in [0.25, 0.3) is 0 Å². The van der Waals surface area contributed by atoms with Crippen LogP contribution in [0, 0.1) is 6.92 Å². The van der Waals surface area contributed by atoms with E-state index in [0.29, 0.717) is 36.8 Å². The summed E-state index contributed by atoms with van der Waals surface area (Å²) in [5.74, 6) is -0.512. The number of aryl methyl sites for hydroxylation is 1. The van der Waals surface area contributed by atoms with Crippen LogP contribution in [0.3, 0.4) is 0 Å². The molecule has 2 aromatic rings. The summed E-state index contributed by atoms with van der Waals surface area (Å²) in [6, 6.07) is 8.58. The summed E-state index contributed by atoms with van der Waals surface area (Å²) in [6.07, 6.45) is 1.23. The summed E-state index contributed by atoms with van der Waals surface area (Å²) < 4.78 is 10.4. The quantitative estimate of drug-likeness (QED) is 0.437. The molecule has 7 nitrogen and oxygen atoms in total. The van der Waals surface area contributed by atoms with E-state index in [0.717, 1.165) is 10.4 Å². The topological polar surface area (TPSA) is 93.7 Å². The van der Waals surface area contributed by atoms with Gasteiger partial charge in [0.15, 0.2) is 6.61 Å². The lowest BCUT2D eigenvalue weighted by atomic mass is 10.2. The van der Waals surface area contributed by atoms with Crippen molar-refractivity contribution in [1.29, 1.82) is 0 Å². The van der Waals surface area contributed by atoms with Crippen molar-refractivity contribution in [2.45, 2.75) is 26.2 Å². The van der Waals surface area contributed by atoms with Crippen molar-refractivity contribution < 1.29 is 23.9 Å². The van der Waals surface area contributed by atoms with Crippen molar-refractivity contribution in [3.63, 3.8) is 0 Å². The van der Waals surface area contributed by atoms with Gasteiger partial charge >= 0.3 is 12.0 Å². The molecule has 0 radical (unpaired) electrons. The number of thiophene rings is 1. The number of ether oxygens (including phenoxy) is 2. The molecule has 9 heteroatoms. The monoisotopic (exact) mass is 438 g/mol. The lowest BCUT2D eigenvalue weighted by Crippen LogP contribution is -2.42. The Hall–Kier alpha value is -2.58. The van der Waals surface area contributed by atoms with Gasteiger partial charge in [0.25, 0.3) is 5.91 Å². The van der Waals surface area contributed by atoms with Gasteiger partial charge in [-0.3, -0.25) is 14.9 Å². The van der Waals surface area contributed by atoms with E-state index in [1.807, 2.05) is 24.4 Å². The molecule has 1 aromatic carbocycles. The average molecular weight is 439 g/mol. The van der Waals surface area contributed by atoms with E-state index in [2.05, 4.69) is 10.6 Å². The number of carbonyl (C=O) groups excluding carboxylic acids is 3. The van der Waals surface area contributed by atoms with Crippen molar-refractivity contribution >= 4 is 40.8 Å². The number of hydrogen-bond donors (Lipinski definition) is 2. The summed E-state index contributed by atoms with van der Waals surface area (Å²) >= 11 is 7.48. The molecular formula is C20H23ClN2O5S. The van der Waals surface area contributed by atoms with E-state index in [1.165, 1.54) is 0 Å². The molecular weight excluding hydrogens is 416 g/mol. The molecule has 1 heterocycles. The van der Waals surface area contributed by atoms with E-state index in [4.69, 9.17) is 21.1 Å². The molecule has 0 aliphatic carbocycles. The second kappa shape index (κ2) is 12.1. The fourth-order valence-electron chi connectivity index (χ4n) is 2.35. The van der Waals surface area contributed by atoms with Crippen LogP contribution < -0.4 is 15.4 Å². The number of imide groups is 1. The minimum Gasteiger partial charge on any atom is -0.493 e. The summed E-state index contributed by atoms with van der Waals surface area (Å²) in [7, 11) is 0. The summed E-state index contributed by atoms with van der Waals surface area (Å²) in [5, 5.41) is 7.28. The maximum atomic E-state index is 11.7. The zero-order valence-corrected chi connectivity index (χ0v) is 17.6. The summed E-state index contributed by atoms with van der Waals surface area (Å²) in [5.41, 5.74) is 0.908. The number of nitrogens with one attached hydrogen (secondary N) is 2. The van der Waals surface area contributed by atoms with Gasteiger partial charge < -0.3 is 14.8 Å². The molecule has 0 aliphatic heterocycles. The zero-order valence-electron chi connectivity index (χ0n) is 16.0. The van der Waals surface area contributed by atoms with Gasteiger partial charge in [0.1, 0.15) is 5.75 Å². The molecule has 1 aromatic heterocycles. The van der Waals surface area contributed by atoms with Gasteiger partial charge in [-0.25, -0.2) is 4.79 Å². The lowest BCUT2D eigenvalue weighted by Gasteiger charge is -2.09. The van der Waals surface area contributed by atoms with Gasteiger partial charge in [0.05, 0.1) is 6.61 Å². The number of benzene rings is 1. The Labute approximate surface area is 178 Å². The molecule has 0 unspecified atom stereocenters. The standard InChI is InChI=1S/C20H23ClN2O5S/c1-14-12-15(21)6-7-17(14)27-10-2-5-19(25)28-13-18(24)23-20(26)22-9-8-16-4-3-11-29-16/h3-4,6-7,11-12H,2,5,8-10,13H2,1H3,(H2,22,23,24,26). The molecule has 3 amide bonds. The highest BCUT2D eigenvalue weighted by Gasteiger charge is 2.11. The van der Waals surface area contributed by atoms with E-state index in [-0.39, 0.29) is 6.42 Å². The van der Waals surface area contributed by atoms with Crippen LogP contribution in [-0.4, -0.2) is 37.7 Å². The molecule has 156 valence electrons. The largest absolute Gasteiger partial charge is 0.493 e. The first-order valence-corrected chi connectivity index (χ1v) is 10.3. The van der Waals surface area contributed by atoms with E-state index in [1.54, 1.807) is 29.5 Å². The third kappa shape index (κ3) is 8.97. The molecule has 0 spiro atoms. The van der Waals surface area contributed by atoms with Gasteiger partial charge in [-0.15, -0.1) is 11.3 Å². The van der Waals surface area contributed by atoms with Crippen LogP contribution in [-0.2, 0) is 20.7 Å². The Morgan fingerprint density at radius 2 is 2.03 bits per heavy atom. The molecule has 0 fully saturated rings. The van der Waals surface area contributed by atoms with Gasteiger partial charge in [-0.2, -0.15) is 0 Å². The fourth-order valence-corrected chi connectivity index (χ4v) is 3.29. The van der Waals surface area contributed by atoms with Crippen LogP contribution in [0.4, 0.5) is 4.79 Å².